The van der Waals surface area contributed by atoms with Gasteiger partial charge >= 0.3 is 6.18 Å². The second-order valence-electron chi connectivity index (χ2n) is 7.52. The number of pyridine rings is 2. The first-order chi connectivity index (χ1) is 14.8. The summed E-state index contributed by atoms with van der Waals surface area (Å²) in [4.78, 5) is 12.8. The van der Waals surface area contributed by atoms with Crippen molar-refractivity contribution in [3.05, 3.63) is 58.9 Å². The van der Waals surface area contributed by atoms with Crippen LogP contribution in [-0.2, 0) is 12.7 Å². The van der Waals surface area contributed by atoms with Crippen molar-refractivity contribution in [3.63, 3.8) is 0 Å². The van der Waals surface area contributed by atoms with E-state index >= 15 is 0 Å². The minimum Gasteiger partial charge on any atom is -0.497 e. The Morgan fingerprint density at radius 1 is 1.06 bits per heavy atom. The number of hydrogen-bond acceptors (Lipinski definition) is 5. The monoisotopic (exact) mass is 450 g/mol. The molecule has 1 fully saturated rings. The molecule has 3 aromatic rings. The van der Waals surface area contributed by atoms with E-state index in [4.69, 9.17) is 16.3 Å². The summed E-state index contributed by atoms with van der Waals surface area (Å²) < 4.78 is 43.6. The van der Waals surface area contributed by atoms with Gasteiger partial charge in [0.05, 0.1) is 18.2 Å². The molecule has 0 saturated carbocycles. The van der Waals surface area contributed by atoms with Gasteiger partial charge < -0.3 is 9.64 Å². The van der Waals surface area contributed by atoms with Crippen molar-refractivity contribution in [1.29, 1.82) is 0 Å². The molecule has 0 aliphatic carbocycles. The molecular weight excluding hydrogens is 429 g/mol. The maximum atomic E-state index is 12.8. The number of benzene rings is 1. The largest absolute Gasteiger partial charge is 0.497 e. The lowest BCUT2D eigenvalue weighted by atomic mass is 10.1. The van der Waals surface area contributed by atoms with Gasteiger partial charge in [-0.25, -0.2) is 9.97 Å². The highest BCUT2D eigenvalue weighted by Crippen LogP contribution is 2.30. The van der Waals surface area contributed by atoms with Crippen molar-refractivity contribution in [3.8, 4) is 5.75 Å². The molecule has 3 heterocycles. The second kappa shape index (κ2) is 8.88. The molecule has 164 valence electrons. The van der Waals surface area contributed by atoms with Gasteiger partial charge in [-0.1, -0.05) is 11.6 Å². The van der Waals surface area contributed by atoms with E-state index in [2.05, 4.69) is 14.9 Å². The first-order valence-corrected chi connectivity index (χ1v) is 10.3. The van der Waals surface area contributed by atoms with Crippen molar-refractivity contribution in [1.82, 2.24) is 14.9 Å². The molecule has 0 amide bonds. The number of fused-ring (bicyclic) bond motifs is 1. The number of anilines is 1. The van der Waals surface area contributed by atoms with Gasteiger partial charge in [0.1, 0.15) is 16.7 Å². The molecule has 0 N–H and O–H groups in total. The summed E-state index contributed by atoms with van der Waals surface area (Å²) in [6, 6.07) is 10.3. The fourth-order valence-corrected chi connectivity index (χ4v) is 3.95. The van der Waals surface area contributed by atoms with Crippen LogP contribution in [0.1, 0.15) is 17.5 Å². The number of alkyl halides is 3. The van der Waals surface area contributed by atoms with Crippen LogP contribution in [0, 0.1) is 0 Å². The summed E-state index contributed by atoms with van der Waals surface area (Å²) in [5.41, 5.74) is 0.993. The molecule has 0 unspecified atom stereocenters. The molecule has 0 atom stereocenters. The van der Waals surface area contributed by atoms with Gasteiger partial charge in [-0.2, -0.15) is 13.2 Å². The van der Waals surface area contributed by atoms with Crippen molar-refractivity contribution in [2.75, 3.05) is 38.2 Å². The highest BCUT2D eigenvalue weighted by atomic mass is 35.5. The van der Waals surface area contributed by atoms with Crippen LogP contribution < -0.4 is 9.64 Å². The molecule has 1 aliphatic heterocycles. The molecule has 9 heteroatoms. The highest BCUT2D eigenvalue weighted by molar-refractivity contribution is 6.30. The van der Waals surface area contributed by atoms with E-state index in [-0.39, 0.29) is 0 Å². The lowest BCUT2D eigenvalue weighted by Gasteiger charge is -2.23. The van der Waals surface area contributed by atoms with E-state index < -0.39 is 11.7 Å². The van der Waals surface area contributed by atoms with Crippen LogP contribution in [0.25, 0.3) is 10.9 Å². The van der Waals surface area contributed by atoms with Gasteiger partial charge in [-0.3, -0.25) is 4.90 Å². The molecule has 1 aromatic carbocycles. The van der Waals surface area contributed by atoms with Crippen molar-refractivity contribution in [2.24, 2.45) is 0 Å². The van der Waals surface area contributed by atoms with Crippen molar-refractivity contribution >= 4 is 28.3 Å². The predicted octanol–water partition coefficient (Wildman–Crippen LogP) is 5.02. The zero-order chi connectivity index (χ0) is 22.0. The number of hydrogen-bond donors (Lipinski definition) is 0. The number of aromatic nitrogens is 2. The van der Waals surface area contributed by atoms with Crippen LogP contribution in [0.5, 0.6) is 5.75 Å². The van der Waals surface area contributed by atoms with Crippen LogP contribution in [-0.4, -0.2) is 48.2 Å². The standard InChI is InChI=1S/C22H22ClF3N4O/c1-31-18-5-3-15-11-16(21(23)28-19(15)12-18)14-29-7-2-8-30(10-9-29)20-6-4-17(13-27-20)22(24,25)26/h3-6,11-13H,2,7-10,14H2,1H3. The van der Waals surface area contributed by atoms with E-state index in [1.807, 2.05) is 29.2 Å². The number of rotatable bonds is 4. The SMILES string of the molecule is COc1ccc2cc(CN3CCCN(c4ccc(C(F)(F)F)cn4)CC3)c(Cl)nc2c1. The van der Waals surface area contributed by atoms with E-state index in [1.165, 1.54) is 6.07 Å². The topological polar surface area (TPSA) is 41.5 Å². The van der Waals surface area contributed by atoms with Crippen LogP contribution >= 0.6 is 11.6 Å². The molecule has 0 radical (unpaired) electrons. The average molecular weight is 451 g/mol. The molecule has 0 bridgehead atoms. The Labute approximate surface area is 183 Å². The van der Waals surface area contributed by atoms with Gasteiger partial charge in [0, 0.05) is 55.9 Å². The normalized spacial score (nSPS) is 15.8. The number of methoxy groups -OCH3 is 1. The van der Waals surface area contributed by atoms with Gasteiger partial charge in [-0.05, 0) is 36.8 Å². The number of ether oxygens (including phenoxy) is 1. The molecule has 1 aliphatic rings. The van der Waals surface area contributed by atoms with Gasteiger partial charge in [0.25, 0.3) is 0 Å². The van der Waals surface area contributed by atoms with Gasteiger partial charge in [-0.15, -0.1) is 0 Å². The maximum absolute atomic E-state index is 12.8. The summed E-state index contributed by atoms with van der Waals surface area (Å²) in [7, 11) is 1.61. The van der Waals surface area contributed by atoms with Crippen LogP contribution in [0.4, 0.5) is 19.0 Å². The Hall–Kier alpha value is -2.58. The Morgan fingerprint density at radius 3 is 2.61 bits per heavy atom. The summed E-state index contributed by atoms with van der Waals surface area (Å²) in [6.45, 7) is 3.67. The van der Waals surface area contributed by atoms with Crippen LogP contribution in [0.3, 0.4) is 0 Å². The zero-order valence-corrected chi connectivity index (χ0v) is 17.7. The lowest BCUT2D eigenvalue weighted by Crippen LogP contribution is -2.31. The van der Waals surface area contributed by atoms with Gasteiger partial charge in [0.15, 0.2) is 0 Å². The quantitative estimate of drug-likeness (QED) is 0.522. The summed E-state index contributed by atoms with van der Waals surface area (Å²) in [5.74, 6) is 1.29. The number of halogens is 4. The molecule has 4 rings (SSSR count). The van der Waals surface area contributed by atoms with Crippen LogP contribution in [0.2, 0.25) is 5.15 Å². The third-order valence-corrected chi connectivity index (χ3v) is 5.76. The molecule has 0 spiro atoms. The lowest BCUT2D eigenvalue weighted by molar-refractivity contribution is -0.137. The predicted molar refractivity (Wildman–Crippen MR) is 115 cm³/mol. The molecule has 5 nitrogen and oxygen atoms in total. The minimum atomic E-state index is -4.38. The summed E-state index contributed by atoms with van der Waals surface area (Å²) in [5, 5.41) is 1.46. The van der Waals surface area contributed by atoms with E-state index in [0.29, 0.717) is 24.1 Å². The molecule has 1 saturated heterocycles. The van der Waals surface area contributed by atoms with Crippen LogP contribution in [0.15, 0.2) is 42.6 Å². The van der Waals surface area contributed by atoms with Crippen molar-refractivity contribution < 1.29 is 17.9 Å². The molecular formula is C22H22ClF3N4O. The molecule has 2 aromatic heterocycles. The Bertz CT molecular complexity index is 1060. The number of nitrogens with zero attached hydrogens (tertiary/aromatic N) is 4. The van der Waals surface area contributed by atoms with Gasteiger partial charge in [0.2, 0.25) is 0 Å². The maximum Gasteiger partial charge on any atom is 0.417 e. The van der Waals surface area contributed by atoms with E-state index in [0.717, 1.165) is 60.5 Å². The van der Waals surface area contributed by atoms with Crippen molar-refractivity contribution in [2.45, 2.75) is 19.1 Å². The summed E-state index contributed by atoms with van der Waals surface area (Å²) >= 11 is 6.44. The van der Waals surface area contributed by atoms with E-state index in [1.54, 1.807) is 7.11 Å². The first-order valence-electron chi connectivity index (χ1n) is 9.97. The first kappa shape index (κ1) is 21.6. The molecule has 31 heavy (non-hydrogen) atoms. The minimum absolute atomic E-state index is 0.464. The zero-order valence-electron chi connectivity index (χ0n) is 17.0. The smallest absolute Gasteiger partial charge is 0.417 e. The fourth-order valence-electron chi connectivity index (χ4n) is 3.74. The Kier molecular flexibility index (Phi) is 6.20. The highest BCUT2D eigenvalue weighted by Gasteiger charge is 2.31. The average Bonchev–Trinajstić information content (AvgIpc) is 2.99. The summed E-state index contributed by atoms with van der Waals surface area (Å²) in [6.07, 6.45) is -2.61. The second-order valence-corrected chi connectivity index (χ2v) is 7.87. The fraction of sp³-hybridized carbons (Fsp3) is 0.364. The third-order valence-electron chi connectivity index (χ3n) is 5.43. The van der Waals surface area contributed by atoms with E-state index in [9.17, 15) is 13.2 Å². The third kappa shape index (κ3) is 5.02. The Morgan fingerprint density at radius 2 is 1.90 bits per heavy atom. The Balaban J connectivity index is 1.44.